The first kappa shape index (κ1) is 24.3. The smallest absolute Gasteiger partial charge is 0.418 e. The molecular weight excluding hydrogens is 490 g/mol. The number of amides is 2. The first-order valence-electron chi connectivity index (χ1n) is 8.89. The molecule has 3 atom stereocenters. The second-order valence-corrected chi connectivity index (χ2v) is 8.51. The third kappa shape index (κ3) is 5.51. The standard InChI is InChI=1S/C14H17N7O10S2/c1-5-9(13(25)21(5)31-33(27,28)29)16-12(24)10(11-17-14(15)32-19-11)18-30-4-6-2-7(22)8(23)3-20(6)26/h3,5-6,9,23,26H,2,4H2,1H3,(H,16,24)(H2,15,17,19)(H,27,28,29)/b18-10-/t5-,6?,9-/m0/s1. The number of hydroxylamine groups is 4. The summed E-state index contributed by atoms with van der Waals surface area (Å²) in [6, 6.07) is -3.14. The van der Waals surface area contributed by atoms with Crippen LogP contribution in [0.4, 0.5) is 5.13 Å². The van der Waals surface area contributed by atoms with Gasteiger partial charge in [-0.2, -0.15) is 22.8 Å². The summed E-state index contributed by atoms with van der Waals surface area (Å²) in [5.74, 6) is -3.49. The number of nitrogen functional groups attached to an aromatic ring is 1. The molecule has 1 unspecified atom stereocenters. The van der Waals surface area contributed by atoms with Crippen LogP contribution in [0.15, 0.2) is 17.1 Å². The van der Waals surface area contributed by atoms with E-state index in [4.69, 9.17) is 15.1 Å². The van der Waals surface area contributed by atoms with E-state index in [0.717, 1.165) is 17.7 Å². The van der Waals surface area contributed by atoms with E-state index < -0.39 is 64.2 Å². The summed E-state index contributed by atoms with van der Waals surface area (Å²) in [5.41, 5.74) is 5.01. The van der Waals surface area contributed by atoms with Crippen molar-refractivity contribution in [3.8, 4) is 0 Å². The third-order valence-electron chi connectivity index (χ3n) is 4.42. The highest BCUT2D eigenvalue weighted by Gasteiger charge is 2.49. The van der Waals surface area contributed by atoms with E-state index in [1.165, 1.54) is 6.92 Å². The lowest BCUT2D eigenvalue weighted by Gasteiger charge is -2.42. The van der Waals surface area contributed by atoms with Gasteiger partial charge in [0.1, 0.15) is 12.6 Å². The summed E-state index contributed by atoms with van der Waals surface area (Å²) in [7, 11) is -4.95. The van der Waals surface area contributed by atoms with E-state index >= 15 is 0 Å². The SMILES string of the molecule is C[C@H]1[C@H](NC(=O)/C(=N\OCC2CC(=O)C(O)=CN2O)c2nsc(N)n2)C(=O)N1OS(=O)(=O)O. The number of β-lactam (4-membered cyclic amide) rings is 1. The molecule has 1 aromatic heterocycles. The van der Waals surface area contributed by atoms with Crippen LogP contribution in [0.1, 0.15) is 19.2 Å². The van der Waals surface area contributed by atoms with E-state index in [2.05, 4.69) is 24.1 Å². The van der Waals surface area contributed by atoms with Crippen LogP contribution in [-0.2, 0) is 33.9 Å². The Kier molecular flexibility index (Phi) is 6.78. The monoisotopic (exact) mass is 507 g/mol. The zero-order valence-corrected chi connectivity index (χ0v) is 18.2. The minimum atomic E-state index is -4.95. The van der Waals surface area contributed by atoms with Crippen LogP contribution in [0.2, 0.25) is 0 Å². The van der Waals surface area contributed by atoms with Gasteiger partial charge in [-0.05, 0) is 6.92 Å². The average molecular weight is 507 g/mol. The summed E-state index contributed by atoms with van der Waals surface area (Å²) < 4.78 is 38.2. The molecule has 6 N–H and O–H groups in total. The van der Waals surface area contributed by atoms with Crippen molar-refractivity contribution < 1.29 is 46.8 Å². The lowest BCUT2D eigenvalue weighted by atomic mass is 10.00. The Balaban J connectivity index is 1.70. The minimum Gasteiger partial charge on any atom is -0.503 e. The fourth-order valence-electron chi connectivity index (χ4n) is 2.75. The van der Waals surface area contributed by atoms with Gasteiger partial charge >= 0.3 is 10.4 Å². The quantitative estimate of drug-likeness (QED) is 0.108. The predicted octanol–water partition coefficient (Wildman–Crippen LogP) is -2.28. The lowest BCUT2D eigenvalue weighted by Crippen LogP contribution is -2.70. The van der Waals surface area contributed by atoms with E-state index in [1.807, 2.05) is 0 Å². The van der Waals surface area contributed by atoms with Gasteiger partial charge in [0.05, 0.1) is 18.3 Å². The maximum Gasteiger partial charge on any atom is 0.418 e. The number of allylic oxidation sites excluding steroid dienone is 1. The first-order chi connectivity index (χ1) is 15.4. The maximum absolute atomic E-state index is 12.7. The number of anilines is 1. The van der Waals surface area contributed by atoms with Crippen LogP contribution in [0.5, 0.6) is 0 Å². The summed E-state index contributed by atoms with van der Waals surface area (Å²) in [5, 5.41) is 25.9. The highest BCUT2D eigenvalue weighted by atomic mass is 32.3. The van der Waals surface area contributed by atoms with Gasteiger partial charge in [-0.15, -0.1) is 4.28 Å². The van der Waals surface area contributed by atoms with Gasteiger partial charge in [-0.3, -0.25) is 29.2 Å². The zero-order chi connectivity index (χ0) is 24.5. The largest absolute Gasteiger partial charge is 0.503 e. The highest BCUT2D eigenvalue weighted by molar-refractivity contribution is 7.80. The summed E-state index contributed by atoms with van der Waals surface area (Å²) >= 11 is 0.741. The van der Waals surface area contributed by atoms with Crippen molar-refractivity contribution in [2.75, 3.05) is 12.3 Å². The molecule has 0 bridgehead atoms. The van der Waals surface area contributed by atoms with Gasteiger partial charge < -0.3 is 21.0 Å². The molecule has 1 saturated heterocycles. The summed E-state index contributed by atoms with van der Waals surface area (Å²) in [6.45, 7) is 0.944. The van der Waals surface area contributed by atoms with E-state index in [1.54, 1.807) is 0 Å². The molecule has 180 valence electrons. The molecule has 3 rings (SSSR count). The molecule has 2 amide bonds. The molecule has 1 aromatic rings. The molecule has 0 aliphatic carbocycles. The number of hydrogen-bond donors (Lipinski definition) is 5. The lowest BCUT2D eigenvalue weighted by molar-refractivity contribution is -0.196. The van der Waals surface area contributed by atoms with Crippen LogP contribution in [0.25, 0.3) is 0 Å². The Labute approximate surface area is 189 Å². The second-order valence-electron chi connectivity index (χ2n) is 6.73. The van der Waals surface area contributed by atoms with Crippen LogP contribution >= 0.6 is 11.5 Å². The van der Waals surface area contributed by atoms with Crippen molar-refractivity contribution in [2.45, 2.75) is 31.5 Å². The number of rotatable bonds is 8. The van der Waals surface area contributed by atoms with Gasteiger partial charge in [-0.25, -0.2) is 0 Å². The molecule has 0 spiro atoms. The number of oxime groups is 1. The van der Waals surface area contributed by atoms with Gasteiger partial charge in [0.25, 0.3) is 11.8 Å². The van der Waals surface area contributed by atoms with Crippen LogP contribution in [0, 0.1) is 0 Å². The third-order valence-corrected chi connectivity index (χ3v) is 5.31. The van der Waals surface area contributed by atoms with Crippen molar-refractivity contribution in [3.63, 3.8) is 0 Å². The number of aromatic nitrogens is 2. The molecule has 0 radical (unpaired) electrons. The molecule has 2 aliphatic heterocycles. The van der Waals surface area contributed by atoms with Crippen molar-refractivity contribution in [1.82, 2.24) is 24.8 Å². The van der Waals surface area contributed by atoms with Crippen LogP contribution in [0.3, 0.4) is 0 Å². The van der Waals surface area contributed by atoms with E-state index in [0.29, 0.717) is 10.1 Å². The second kappa shape index (κ2) is 9.23. The number of carbonyl (C=O) groups is 3. The van der Waals surface area contributed by atoms with Gasteiger partial charge in [-0.1, -0.05) is 5.16 Å². The number of nitrogens with one attached hydrogen (secondary N) is 1. The molecule has 0 aromatic carbocycles. The number of aliphatic hydroxyl groups excluding tert-OH is 1. The summed E-state index contributed by atoms with van der Waals surface area (Å²) in [6.07, 6.45) is 0.499. The minimum absolute atomic E-state index is 0.00802. The van der Waals surface area contributed by atoms with Crippen molar-refractivity contribution in [1.29, 1.82) is 0 Å². The molecule has 1 fully saturated rings. The number of ketones is 1. The molecule has 3 heterocycles. The fraction of sp³-hybridized carbons (Fsp3) is 0.429. The summed E-state index contributed by atoms with van der Waals surface area (Å²) in [4.78, 5) is 45.2. The topological polar surface area (TPSA) is 247 Å². The van der Waals surface area contributed by atoms with E-state index in [9.17, 15) is 33.1 Å². The predicted molar refractivity (Wildman–Crippen MR) is 105 cm³/mol. The number of aliphatic hydroxyl groups is 1. The molecule has 33 heavy (non-hydrogen) atoms. The van der Waals surface area contributed by atoms with Crippen LogP contribution < -0.4 is 11.1 Å². The molecule has 17 nitrogen and oxygen atoms in total. The van der Waals surface area contributed by atoms with Crippen molar-refractivity contribution in [2.24, 2.45) is 5.16 Å². The number of Topliss-reactive ketones (excluding diaryl/α,β-unsaturated/α-hetero) is 1. The normalized spacial score (nSPS) is 23.8. The molecule has 2 aliphatic rings. The Hall–Kier alpha value is -3.39. The Morgan fingerprint density at radius 3 is 2.73 bits per heavy atom. The van der Waals surface area contributed by atoms with Crippen molar-refractivity contribution >= 4 is 50.4 Å². The average Bonchev–Trinajstić information content (AvgIpc) is 3.16. The number of hydrogen-bond acceptors (Lipinski definition) is 15. The first-order valence-corrected chi connectivity index (χ1v) is 11.0. The Bertz CT molecular complexity index is 1130. The maximum atomic E-state index is 12.7. The Morgan fingerprint density at radius 1 is 1.45 bits per heavy atom. The Morgan fingerprint density at radius 2 is 2.15 bits per heavy atom. The zero-order valence-electron chi connectivity index (χ0n) is 16.6. The van der Waals surface area contributed by atoms with Gasteiger partial charge in [0.15, 0.2) is 10.9 Å². The number of nitrogens with zero attached hydrogens (tertiary/aromatic N) is 5. The fourth-order valence-corrected chi connectivity index (χ4v) is 3.60. The van der Waals surface area contributed by atoms with Crippen LogP contribution in [-0.4, -0.2) is 90.8 Å². The van der Waals surface area contributed by atoms with Gasteiger partial charge in [0, 0.05) is 18.0 Å². The van der Waals surface area contributed by atoms with Crippen molar-refractivity contribution in [3.05, 3.63) is 17.8 Å². The highest BCUT2D eigenvalue weighted by Crippen LogP contribution is 2.22. The number of carbonyl (C=O) groups excluding carboxylic acids is 3. The number of nitrogens with two attached hydrogens (primary N) is 1. The van der Waals surface area contributed by atoms with E-state index in [-0.39, 0.29) is 17.4 Å². The molecule has 19 heteroatoms. The molecule has 0 saturated carbocycles. The van der Waals surface area contributed by atoms with Gasteiger partial charge in [0.2, 0.25) is 17.3 Å². The molecular formula is C14H17N7O10S2.